The maximum absolute atomic E-state index is 6.14. The minimum Gasteiger partial charge on any atom is -0.456 e. The Bertz CT molecular complexity index is 2890. The second-order valence-electron chi connectivity index (χ2n) is 13.8. The number of fused-ring (bicyclic) bond motifs is 3. The van der Waals surface area contributed by atoms with Crippen molar-refractivity contribution in [3.8, 4) is 67.2 Å². The predicted molar refractivity (Wildman–Crippen MR) is 233 cm³/mol. The first-order chi connectivity index (χ1) is 27.7. The second-order valence-corrected chi connectivity index (χ2v) is 13.8. The van der Waals surface area contributed by atoms with Crippen LogP contribution in [0.3, 0.4) is 0 Å². The van der Waals surface area contributed by atoms with Crippen molar-refractivity contribution in [2.45, 2.75) is 6.92 Å². The highest BCUT2D eigenvalue weighted by molar-refractivity contribution is 6.12. The lowest BCUT2D eigenvalue weighted by molar-refractivity contribution is 0.669. The van der Waals surface area contributed by atoms with E-state index in [1.165, 1.54) is 22.3 Å². The maximum Gasteiger partial charge on any atom is 0.160 e. The van der Waals surface area contributed by atoms with Crippen molar-refractivity contribution in [3.05, 3.63) is 218 Å². The monoisotopic (exact) mass is 718 g/mol. The molecule has 2 aromatic heterocycles. The van der Waals surface area contributed by atoms with Gasteiger partial charge in [0.05, 0.1) is 5.69 Å². The van der Waals surface area contributed by atoms with Crippen LogP contribution in [-0.4, -0.2) is 9.97 Å². The van der Waals surface area contributed by atoms with E-state index in [1.807, 2.05) is 61.5 Å². The molecule has 8 aromatic carbocycles. The molecule has 2 heterocycles. The fraction of sp³-hybridized carbons (Fsp3) is 0.0189. The molecule has 0 saturated carbocycles. The summed E-state index contributed by atoms with van der Waals surface area (Å²) in [5.41, 5.74) is 15.0. The van der Waals surface area contributed by atoms with Gasteiger partial charge in [0, 0.05) is 27.6 Å². The van der Waals surface area contributed by atoms with E-state index in [1.54, 1.807) is 0 Å². The summed E-state index contributed by atoms with van der Waals surface area (Å²) in [4.78, 5) is 9.91. The Labute approximate surface area is 327 Å². The number of para-hydroxylation sites is 1. The number of rotatable bonds is 6. The lowest BCUT2D eigenvalue weighted by Gasteiger charge is -2.11. The SMILES string of the molecule is Cc1cc(-c2cccc(-c3cccc(-c4cccc(-c5ccccc5)c4)c3)c2)nc(-c2ccc(-c3cccc4oc5ccccc5c34)cc2)n1.c1ccccc1. The molecule has 3 nitrogen and oxygen atoms in total. The molecule has 0 bridgehead atoms. The van der Waals surface area contributed by atoms with E-state index < -0.39 is 0 Å². The van der Waals surface area contributed by atoms with Crippen LogP contribution in [0.4, 0.5) is 0 Å². The van der Waals surface area contributed by atoms with Crippen LogP contribution in [0.15, 0.2) is 217 Å². The highest BCUT2D eigenvalue weighted by atomic mass is 16.3. The van der Waals surface area contributed by atoms with Crippen LogP contribution in [0.1, 0.15) is 5.69 Å². The van der Waals surface area contributed by atoms with Crippen molar-refractivity contribution in [3.63, 3.8) is 0 Å². The summed E-state index contributed by atoms with van der Waals surface area (Å²) in [6, 6.07) is 73.7. The standard InChI is InChI=1S/C47H32N2O.C6H6/c1-31-27-43(49-47(48-31)34-25-23-33(24-26-34)41-20-10-22-45-46(41)42-19-5-6-21-44(42)50-45)40-18-9-17-39(30-40)38-16-8-15-37(29-38)36-14-7-13-35(28-36)32-11-3-2-4-12-32;1-2-4-6-5-3-1/h2-30H,1H3;1-6H. The number of hydrogen-bond acceptors (Lipinski definition) is 3. The molecule has 266 valence electrons. The lowest BCUT2D eigenvalue weighted by atomic mass is 9.95. The van der Waals surface area contributed by atoms with Gasteiger partial charge in [0.1, 0.15) is 11.2 Å². The topological polar surface area (TPSA) is 38.9 Å². The molecule has 56 heavy (non-hydrogen) atoms. The summed E-state index contributed by atoms with van der Waals surface area (Å²) in [7, 11) is 0. The summed E-state index contributed by atoms with van der Waals surface area (Å²) < 4.78 is 6.14. The molecule has 0 spiro atoms. The molecule has 0 saturated heterocycles. The van der Waals surface area contributed by atoms with Gasteiger partial charge in [-0.1, -0.05) is 176 Å². The van der Waals surface area contributed by atoms with E-state index in [9.17, 15) is 0 Å². The Morgan fingerprint density at radius 2 is 0.804 bits per heavy atom. The van der Waals surface area contributed by atoms with Crippen molar-refractivity contribution in [1.82, 2.24) is 9.97 Å². The van der Waals surface area contributed by atoms with Crippen molar-refractivity contribution in [2.24, 2.45) is 0 Å². The van der Waals surface area contributed by atoms with E-state index in [0.29, 0.717) is 5.82 Å². The van der Waals surface area contributed by atoms with E-state index in [-0.39, 0.29) is 0 Å². The van der Waals surface area contributed by atoms with Crippen molar-refractivity contribution in [2.75, 3.05) is 0 Å². The first-order valence-corrected chi connectivity index (χ1v) is 18.9. The fourth-order valence-corrected chi connectivity index (χ4v) is 7.29. The van der Waals surface area contributed by atoms with Crippen LogP contribution in [-0.2, 0) is 0 Å². The third-order valence-electron chi connectivity index (χ3n) is 10.0. The molecule has 10 rings (SSSR count). The highest BCUT2D eigenvalue weighted by Crippen LogP contribution is 2.37. The van der Waals surface area contributed by atoms with Crippen molar-refractivity contribution >= 4 is 21.9 Å². The van der Waals surface area contributed by atoms with Gasteiger partial charge in [-0.05, 0) is 87.8 Å². The Kier molecular flexibility index (Phi) is 9.55. The number of nitrogens with zero attached hydrogens (tertiary/aromatic N) is 2. The summed E-state index contributed by atoms with van der Waals surface area (Å²) in [6.07, 6.45) is 0. The molecular formula is C53H38N2O. The first kappa shape index (κ1) is 34.4. The molecule has 0 amide bonds. The highest BCUT2D eigenvalue weighted by Gasteiger charge is 2.14. The number of hydrogen-bond donors (Lipinski definition) is 0. The normalized spacial score (nSPS) is 10.9. The van der Waals surface area contributed by atoms with Gasteiger partial charge in [0.2, 0.25) is 0 Å². The van der Waals surface area contributed by atoms with Gasteiger partial charge in [0.25, 0.3) is 0 Å². The van der Waals surface area contributed by atoms with Crippen LogP contribution in [0.5, 0.6) is 0 Å². The molecule has 0 unspecified atom stereocenters. The number of aryl methyl sites for hydroxylation is 1. The smallest absolute Gasteiger partial charge is 0.160 e. The fourth-order valence-electron chi connectivity index (χ4n) is 7.29. The molecule has 0 atom stereocenters. The van der Waals surface area contributed by atoms with Crippen LogP contribution in [0.2, 0.25) is 0 Å². The van der Waals surface area contributed by atoms with Crippen LogP contribution >= 0.6 is 0 Å². The number of aromatic nitrogens is 2. The average molecular weight is 719 g/mol. The Morgan fingerprint density at radius 1 is 0.339 bits per heavy atom. The summed E-state index contributed by atoms with van der Waals surface area (Å²) >= 11 is 0. The van der Waals surface area contributed by atoms with E-state index >= 15 is 0 Å². The molecule has 0 radical (unpaired) electrons. The predicted octanol–water partition coefficient (Wildman–Crippen LogP) is 14.4. The molecule has 10 aromatic rings. The largest absolute Gasteiger partial charge is 0.456 e. The zero-order chi connectivity index (χ0) is 37.7. The molecule has 0 aliphatic rings. The number of furan rings is 1. The molecule has 0 aliphatic carbocycles. The van der Waals surface area contributed by atoms with Gasteiger partial charge >= 0.3 is 0 Å². The molecule has 0 N–H and O–H groups in total. The van der Waals surface area contributed by atoms with Gasteiger partial charge in [0.15, 0.2) is 5.82 Å². The summed E-state index contributed by atoms with van der Waals surface area (Å²) in [6.45, 7) is 2.03. The zero-order valence-electron chi connectivity index (χ0n) is 31.0. The Balaban J connectivity index is 0.000000626. The van der Waals surface area contributed by atoms with Gasteiger partial charge in [-0.3, -0.25) is 0 Å². The van der Waals surface area contributed by atoms with Crippen LogP contribution < -0.4 is 0 Å². The minimum atomic E-state index is 0.712. The number of benzene rings is 8. The molecule has 3 heteroatoms. The first-order valence-electron chi connectivity index (χ1n) is 18.9. The van der Waals surface area contributed by atoms with Gasteiger partial charge < -0.3 is 4.42 Å². The lowest BCUT2D eigenvalue weighted by Crippen LogP contribution is -1.95. The molecule has 0 fully saturated rings. The quantitative estimate of drug-likeness (QED) is 0.172. The second kappa shape index (κ2) is 15.5. The molecular weight excluding hydrogens is 681 g/mol. The summed E-state index contributed by atoms with van der Waals surface area (Å²) in [5.74, 6) is 0.712. The third kappa shape index (κ3) is 7.26. The van der Waals surface area contributed by atoms with Gasteiger partial charge in [-0.25, -0.2) is 9.97 Å². The zero-order valence-corrected chi connectivity index (χ0v) is 31.0. The molecule has 0 aliphatic heterocycles. The Hall–Kier alpha value is -7.36. The average Bonchev–Trinajstić information content (AvgIpc) is 3.67. The third-order valence-corrected chi connectivity index (χ3v) is 10.0. The van der Waals surface area contributed by atoms with Gasteiger partial charge in [-0.15, -0.1) is 0 Å². The van der Waals surface area contributed by atoms with Crippen molar-refractivity contribution < 1.29 is 4.42 Å². The van der Waals surface area contributed by atoms with Crippen LogP contribution in [0, 0.1) is 6.92 Å². The summed E-state index contributed by atoms with van der Waals surface area (Å²) in [5, 5.41) is 2.26. The van der Waals surface area contributed by atoms with Crippen LogP contribution in [0.25, 0.3) is 89.1 Å². The minimum absolute atomic E-state index is 0.712. The van der Waals surface area contributed by atoms with E-state index in [0.717, 1.165) is 66.7 Å². The maximum atomic E-state index is 6.14. The van der Waals surface area contributed by atoms with Crippen molar-refractivity contribution in [1.29, 1.82) is 0 Å². The van der Waals surface area contributed by atoms with Gasteiger partial charge in [-0.2, -0.15) is 0 Å². The van der Waals surface area contributed by atoms with E-state index in [4.69, 9.17) is 14.4 Å². The van der Waals surface area contributed by atoms with E-state index in [2.05, 4.69) is 158 Å². The Morgan fingerprint density at radius 3 is 1.45 bits per heavy atom.